The van der Waals surface area contributed by atoms with Crippen LogP contribution in [0.5, 0.6) is 0 Å². The zero-order chi connectivity index (χ0) is 9.61. The van der Waals surface area contributed by atoms with Crippen LogP contribution in [0.4, 0.5) is 0 Å². The van der Waals surface area contributed by atoms with Crippen molar-refractivity contribution in [2.75, 3.05) is 6.61 Å². The summed E-state index contributed by atoms with van der Waals surface area (Å²) in [5, 5.41) is 0. The van der Waals surface area contributed by atoms with Gasteiger partial charge in [0.25, 0.3) is 0 Å². The van der Waals surface area contributed by atoms with Gasteiger partial charge in [-0.1, -0.05) is 33.6 Å². The zero-order valence-corrected chi connectivity index (χ0v) is 12.7. The van der Waals surface area contributed by atoms with Crippen molar-refractivity contribution in [1.82, 2.24) is 0 Å². The molecule has 13 heavy (non-hydrogen) atoms. The summed E-state index contributed by atoms with van der Waals surface area (Å²) in [4.78, 5) is 9.22. The van der Waals surface area contributed by atoms with Gasteiger partial charge in [0.05, 0.1) is 12.3 Å². The Kier molecular flexibility index (Phi) is 10.1. The van der Waals surface area contributed by atoms with Gasteiger partial charge in [0, 0.05) is 19.5 Å². The zero-order valence-electron chi connectivity index (χ0n) is 8.82. The Hall–Kier alpha value is 0.773. The molecule has 1 N–H and O–H groups in total. The Morgan fingerprint density at radius 1 is 1.38 bits per heavy atom. The van der Waals surface area contributed by atoms with Gasteiger partial charge in [0.15, 0.2) is 0 Å². The molecule has 1 atom stereocenters. The van der Waals surface area contributed by atoms with E-state index >= 15 is 0 Å². The molecule has 0 amide bonds. The molecule has 76 valence electrons. The molecule has 0 aliphatic rings. The summed E-state index contributed by atoms with van der Waals surface area (Å²) in [6, 6.07) is 0. The van der Waals surface area contributed by atoms with Gasteiger partial charge in [-0.3, -0.25) is 4.57 Å². The molecule has 1 unspecified atom stereocenters. The topological polar surface area (TPSA) is 46.5 Å². The third-order valence-electron chi connectivity index (χ3n) is 1.68. The fourth-order valence-corrected chi connectivity index (χ4v) is 1.39. The van der Waals surface area contributed by atoms with Gasteiger partial charge < -0.3 is 9.42 Å². The molecule has 0 aromatic heterocycles. The molecule has 0 aliphatic carbocycles. The molecule has 3 nitrogen and oxygen atoms in total. The van der Waals surface area contributed by atoms with E-state index in [2.05, 4.69) is 6.92 Å². The summed E-state index contributed by atoms with van der Waals surface area (Å²) in [5.74, 6) is 0. The van der Waals surface area contributed by atoms with Gasteiger partial charge in [-0.2, -0.15) is 0 Å². The van der Waals surface area contributed by atoms with Gasteiger partial charge in [-0.05, 0) is 6.42 Å². The average molecular weight is 260 g/mol. The maximum Gasteiger partial charge on any atom is 0.330 e. The molecule has 5 heteroatoms. The van der Waals surface area contributed by atoms with E-state index in [-0.39, 0.29) is 25.1 Å². The van der Waals surface area contributed by atoms with Crippen LogP contribution >= 0.6 is 7.60 Å². The van der Waals surface area contributed by atoms with Crippen molar-refractivity contribution in [2.45, 2.75) is 45.7 Å². The van der Waals surface area contributed by atoms with Crippen LogP contribution < -0.4 is 0 Å². The molecule has 0 heterocycles. The fraction of sp³-hybridized carbons (Fsp3) is 1.00. The Morgan fingerprint density at radius 3 is 2.31 bits per heavy atom. The minimum absolute atomic E-state index is 0. The van der Waals surface area contributed by atoms with Crippen LogP contribution in [0.15, 0.2) is 0 Å². The molecular weight excluding hydrogens is 240 g/mol. The smallest absolute Gasteiger partial charge is 0.324 e. The standard InChI is InChI=1S/C8H19O3P.Zn/c1-4-5-6-7-11-12(9,10)8(2)3;/h8H,4-7H2,1-3H3,(H,9,10);. The molecule has 0 aromatic rings. The van der Waals surface area contributed by atoms with E-state index in [1.807, 2.05) is 0 Å². The van der Waals surface area contributed by atoms with Crippen LogP contribution in [-0.2, 0) is 28.6 Å². The van der Waals surface area contributed by atoms with E-state index in [4.69, 9.17) is 4.52 Å². The van der Waals surface area contributed by atoms with Gasteiger partial charge >= 0.3 is 7.60 Å². The molecule has 0 saturated heterocycles. The molecular formula is C8H19O3PZn. The summed E-state index contributed by atoms with van der Waals surface area (Å²) < 4.78 is 16.1. The summed E-state index contributed by atoms with van der Waals surface area (Å²) in [6.45, 7) is 5.88. The molecule has 0 rings (SSSR count). The minimum atomic E-state index is -3.30. The van der Waals surface area contributed by atoms with Crippen molar-refractivity contribution in [2.24, 2.45) is 0 Å². The molecule has 0 aromatic carbocycles. The third kappa shape index (κ3) is 7.81. The molecule has 0 fully saturated rings. The second-order valence-electron chi connectivity index (χ2n) is 3.20. The quantitative estimate of drug-likeness (QED) is 0.453. The van der Waals surface area contributed by atoms with Crippen molar-refractivity contribution < 1.29 is 33.5 Å². The second-order valence-corrected chi connectivity index (χ2v) is 5.62. The summed E-state index contributed by atoms with van der Waals surface area (Å²) in [6.07, 6.45) is 3.02. The van der Waals surface area contributed by atoms with Gasteiger partial charge in [-0.15, -0.1) is 0 Å². The Balaban J connectivity index is 0. The molecule has 0 saturated carbocycles. The molecule has 0 bridgehead atoms. The Morgan fingerprint density at radius 2 is 1.92 bits per heavy atom. The largest absolute Gasteiger partial charge is 0.330 e. The van der Waals surface area contributed by atoms with Gasteiger partial charge in [0.1, 0.15) is 0 Å². The molecule has 0 aliphatic heterocycles. The first-order chi connectivity index (χ1) is 5.50. The number of hydrogen-bond acceptors (Lipinski definition) is 2. The summed E-state index contributed by atoms with van der Waals surface area (Å²) >= 11 is 0. The van der Waals surface area contributed by atoms with Crippen LogP contribution in [0, 0.1) is 0 Å². The fourth-order valence-electron chi connectivity index (χ4n) is 0.696. The predicted octanol–water partition coefficient (Wildman–Crippen LogP) is 2.78. The maximum atomic E-state index is 11.2. The van der Waals surface area contributed by atoms with E-state index in [0.29, 0.717) is 6.61 Å². The average Bonchev–Trinajstić information content (AvgIpc) is 1.98. The Labute approximate surface area is 93.5 Å². The second kappa shape index (κ2) is 8.11. The van der Waals surface area contributed by atoms with Crippen LogP contribution in [0.1, 0.15) is 40.0 Å². The van der Waals surface area contributed by atoms with Crippen molar-refractivity contribution in [1.29, 1.82) is 0 Å². The maximum absolute atomic E-state index is 11.2. The van der Waals surface area contributed by atoms with Gasteiger partial charge in [0.2, 0.25) is 0 Å². The summed E-state index contributed by atoms with van der Waals surface area (Å²) in [7, 11) is -3.30. The monoisotopic (exact) mass is 258 g/mol. The first kappa shape index (κ1) is 16.2. The Bertz CT molecular complexity index is 161. The first-order valence-electron chi connectivity index (χ1n) is 4.47. The van der Waals surface area contributed by atoms with Crippen molar-refractivity contribution in [3.8, 4) is 0 Å². The van der Waals surface area contributed by atoms with E-state index in [9.17, 15) is 9.46 Å². The number of hydrogen-bond donors (Lipinski definition) is 1. The van der Waals surface area contributed by atoms with E-state index in [1.54, 1.807) is 13.8 Å². The number of rotatable bonds is 6. The van der Waals surface area contributed by atoms with Crippen molar-refractivity contribution in [3.63, 3.8) is 0 Å². The van der Waals surface area contributed by atoms with Crippen molar-refractivity contribution >= 4 is 7.60 Å². The molecule has 0 radical (unpaired) electrons. The van der Waals surface area contributed by atoms with E-state index < -0.39 is 7.60 Å². The van der Waals surface area contributed by atoms with Crippen LogP contribution in [0.25, 0.3) is 0 Å². The van der Waals surface area contributed by atoms with E-state index in [0.717, 1.165) is 19.3 Å². The van der Waals surface area contributed by atoms with Crippen LogP contribution in [0.2, 0.25) is 0 Å². The number of unbranched alkanes of at least 4 members (excludes halogenated alkanes) is 2. The normalized spacial score (nSPS) is 15.2. The minimum Gasteiger partial charge on any atom is -0.324 e. The first-order valence-corrected chi connectivity index (χ1v) is 6.12. The van der Waals surface area contributed by atoms with E-state index in [1.165, 1.54) is 0 Å². The third-order valence-corrected chi connectivity index (χ3v) is 3.53. The van der Waals surface area contributed by atoms with Crippen molar-refractivity contribution in [3.05, 3.63) is 0 Å². The van der Waals surface area contributed by atoms with Gasteiger partial charge in [-0.25, -0.2) is 0 Å². The predicted molar refractivity (Wildman–Crippen MR) is 50.4 cm³/mol. The van der Waals surface area contributed by atoms with Crippen LogP contribution in [-0.4, -0.2) is 17.2 Å². The summed E-state index contributed by atoms with van der Waals surface area (Å²) in [5.41, 5.74) is -0.292. The SMILES string of the molecule is CCCCCOP(=O)(O)C(C)C.[Zn]. The molecule has 0 spiro atoms. The van der Waals surface area contributed by atoms with Crippen LogP contribution in [0.3, 0.4) is 0 Å².